The molecule has 2 aliphatic heterocycles. The van der Waals surface area contributed by atoms with Crippen LogP contribution in [0.1, 0.15) is 40.7 Å². The number of fused-ring (bicyclic) bond motifs is 1. The van der Waals surface area contributed by atoms with E-state index >= 15 is 0 Å². The number of methoxy groups -OCH3 is 1. The minimum atomic E-state index is 0.115. The van der Waals surface area contributed by atoms with Gasteiger partial charge in [-0.05, 0) is 67.5 Å². The van der Waals surface area contributed by atoms with Gasteiger partial charge in [0.25, 0.3) is 5.91 Å². The van der Waals surface area contributed by atoms with Crippen molar-refractivity contribution < 1.29 is 9.53 Å². The van der Waals surface area contributed by atoms with Crippen molar-refractivity contribution in [1.82, 2.24) is 9.88 Å². The van der Waals surface area contributed by atoms with E-state index in [4.69, 9.17) is 4.74 Å². The van der Waals surface area contributed by atoms with Gasteiger partial charge in [0.05, 0.1) is 12.7 Å². The first-order valence-corrected chi connectivity index (χ1v) is 9.90. The van der Waals surface area contributed by atoms with Crippen LogP contribution in [0.2, 0.25) is 0 Å². The van der Waals surface area contributed by atoms with Crippen molar-refractivity contribution in [3.8, 4) is 5.75 Å². The Kier molecular flexibility index (Phi) is 5.28. The first-order valence-electron chi connectivity index (χ1n) is 9.90. The Morgan fingerprint density at radius 3 is 2.44 bits per heavy atom. The lowest BCUT2D eigenvalue weighted by atomic mass is 10.0. The average Bonchev–Trinajstić information content (AvgIpc) is 2.96. The molecule has 4 rings (SSSR count). The van der Waals surface area contributed by atoms with Crippen LogP contribution in [0.3, 0.4) is 0 Å². The van der Waals surface area contributed by atoms with Crippen LogP contribution in [0.15, 0.2) is 36.5 Å². The van der Waals surface area contributed by atoms with E-state index in [1.54, 1.807) is 13.3 Å². The van der Waals surface area contributed by atoms with Gasteiger partial charge in [-0.2, -0.15) is 0 Å². The van der Waals surface area contributed by atoms with Crippen LogP contribution in [-0.2, 0) is 12.8 Å². The van der Waals surface area contributed by atoms with E-state index in [1.165, 1.54) is 17.5 Å². The largest absolute Gasteiger partial charge is 0.497 e. The van der Waals surface area contributed by atoms with Crippen molar-refractivity contribution in [2.45, 2.75) is 32.1 Å². The molecule has 1 amide bonds. The predicted octanol–water partition coefficient (Wildman–Crippen LogP) is 3.32. The van der Waals surface area contributed by atoms with Gasteiger partial charge < -0.3 is 14.5 Å². The molecule has 142 valence electrons. The highest BCUT2D eigenvalue weighted by Gasteiger charge is 2.20. The van der Waals surface area contributed by atoms with E-state index in [1.807, 2.05) is 23.1 Å². The molecule has 0 unspecified atom stereocenters. The fraction of sp³-hybridized carbons (Fsp3) is 0.455. The van der Waals surface area contributed by atoms with E-state index in [0.29, 0.717) is 5.56 Å². The van der Waals surface area contributed by atoms with Gasteiger partial charge in [0.1, 0.15) is 11.6 Å². The zero-order chi connectivity index (χ0) is 18.6. The summed E-state index contributed by atoms with van der Waals surface area (Å²) in [6, 6.07) is 10.3. The topological polar surface area (TPSA) is 45.7 Å². The summed E-state index contributed by atoms with van der Waals surface area (Å²) >= 11 is 0. The number of benzene rings is 1. The predicted molar refractivity (Wildman–Crippen MR) is 107 cm³/mol. The Hall–Kier alpha value is -2.56. The van der Waals surface area contributed by atoms with Crippen LogP contribution in [0, 0.1) is 0 Å². The van der Waals surface area contributed by atoms with Gasteiger partial charge in [0, 0.05) is 32.4 Å². The first-order chi connectivity index (χ1) is 13.2. The summed E-state index contributed by atoms with van der Waals surface area (Å²) in [6.45, 7) is 3.60. The fourth-order valence-electron chi connectivity index (χ4n) is 4.04. The molecule has 0 aliphatic carbocycles. The minimum absolute atomic E-state index is 0.115. The van der Waals surface area contributed by atoms with Crippen LogP contribution in [0.25, 0.3) is 0 Å². The maximum absolute atomic E-state index is 12.6. The number of carbonyl (C=O) groups excluding carboxylic acids is 1. The summed E-state index contributed by atoms with van der Waals surface area (Å²) in [4.78, 5) is 21.5. The summed E-state index contributed by atoms with van der Waals surface area (Å²) in [5, 5.41) is 0. The summed E-state index contributed by atoms with van der Waals surface area (Å²) in [5.41, 5.74) is 3.44. The van der Waals surface area contributed by atoms with E-state index in [9.17, 15) is 4.79 Å². The Labute approximate surface area is 161 Å². The Bertz CT molecular complexity index is 798. The highest BCUT2D eigenvalue weighted by Crippen LogP contribution is 2.24. The number of hydrogen-bond donors (Lipinski definition) is 0. The second-order valence-electron chi connectivity index (χ2n) is 7.38. The molecule has 2 aliphatic rings. The monoisotopic (exact) mass is 365 g/mol. The Balaban J connectivity index is 1.44. The van der Waals surface area contributed by atoms with Crippen molar-refractivity contribution in [2.24, 2.45) is 0 Å². The smallest absolute Gasteiger partial charge is 0.255 e. The molecule has 0 bridgehead atoms. The van der Waals surface area contributed by atoms with Crippen LogP contribution < -0.4 is 9.64 Å². The van der Waals surface area contributed by atoms with E-state index in [0.717, 1.165) is 63.4 Å². The second kappa shape index (κ2) is 7.99. The lowest BCUT2D eigenvalue weighted by Crippen LogP contribution is -2.35. The standard InChI is InChI=1S/C22H27N3O2/c1-27-20-7-5-17-9-13-24(14-10-18(17)15-20)21-8-6-19(16-23-21)22(26)25-11-3-2-4-12-25/h5-8,15-16H,2-4,9-14H2,1H3. The molecule has 0 saturated carbocycles. The van der Waals surface area contributed by atoms with Crippen LogP contribution in [0.4, 0.5) is 5.82 Å². The first kappa shape index (κ1) is 17.8. The van der Waals surface area contributed by atoms with E-state index < -0.39 is 0 Å². The van der Waals surface area contributed by atoms with Gasteiger partial charge >= 0.3 is 0 Å². The number of anilines is 1. The van der Waals surface area contributed by atoms with E-state index in [2.05, 4.69) is 22.0 Å². The maximum Gasteiger partial charge on any atom is 0.255 e. The van der Waals surface area contributed by atoms with Gasteiger partial charge in [-0.1, -0.05) is 6.07 Å². The van der Waals surface area contributed by atoms with Gasteiger partial charge in [-0.15, -0.1) is 0 Å². The molecule has 1 aromatic carbocycles. The van der Waals surface area contributed by atoms with Gasteiger partial charge in [-0.3, -0.25) is 4.79 Å². The van der Waals surface area contributed by atoms with Crippen molar-refractivity contribution in [3.63, 3.8) is 0 Å². The second-order valence-corrected chi connectivity index (χ2v) is 7.38. The summed E-state index contributed by atoms with van der Waals surface area (Å²) in [6.07, 6.45) is 7.16. The molecule has 5 nitrogen and oxygen atoms in total. The number of amides is 1. The molecule has 27 heavy (non-hydrogen) atoms. The number of rotatable bonds is 3. The highest BCUT2D eigenvalue weighted by molar-refractivity contribution is 5.94. The quantitative estimate of drug-likeness (QED) is 0.837. The molecule has 1 fully saturated rings. The zero-order valence-corrected chi connectivity index (χ0v) is 16.0. The Morgan fingerprint density at radius 2 is 1.74 bits per heavy atom. The molecule has 3 heterocycles. The molecular formula is C22H27N3O2. The number of likely N-dealkylation sites (tertiary alicyclic amines) is 1. The van der Waals surface area contributed by atoms with E-state index in [-0.39, 0.29) is 5.91 Å². The van der Waals surface area contributed by atoms with Crippen molar-refractivity contribution >= 4 is 11.7 Å². The van der Waals surface area contributed by atoms with Crippen LogP contribution in [-0.4, -0.2) is 49.1 Å². The molecule has 1 saturated heterocycles. The number of aromatic nitrogens is 1. The summed E-state index contributed by atoms with van der Waals surface area (Å²) in [5.74, 6) is 1.98. The molecule has 2 aromatic rings. The number of nitrogens with zero attached hydrogens (tertiary/aromatic N) is 3. The van der Waals surface area contributed by atoms with Gasteiger partial charge in [-0.25, -0.2) is 4.98 Å². The highest BCUT2D eigenvalue weighted by atomic mass is 16.5. The molecule has 0 spiro atoms. The Morgan fingerprint density at radius 1 is 0.963 bits per heavy atom. The maximum atomic E-state index is 12.6. The molecular weight excluding hydrogens is 338 g/mol. The van der Waals surface area contributed by atoms with Gasteiger partial charge in [0.15, 0.2) is 0 Å². The van der Waals surface area contributed by atoms with Crippen molar-refractivity contribution in [1.29, 1.82) is 0 Å². The van der Waals surface area contributed by atoms with Crippen molar-refractivity contribution in [3.05, 3.63) is 53.2 Å². The van der Waals surface area contributed by atoms with Gasteiger partial charge in [0.2, 0.25) is 0 Å². The molecule has 1 aromatic heterocycles. The normalized spacial score (nSPS) is 17.2. The third-order valence-electron chi connectivity index (χ3n) is 5.68. The third-order valence-corrected chi connectivity index (χ3v) is 5.68. The number of carbonyl (C=O) groups is 1. The zero-order valence-electron chi connectivity index (χ0n) is 16.0. The minimum Gasteiger partial charge on any atom is -0.497 e. The number of hydrogen-bond acceptors (Lipinski definition) is 4. The third kappa shape index (κ3) is 3.92. The number of piperidine rings is 1. The SMILES string of the molecule is COc1ccc2c(c1)CCN(c1ccc(C(=O)N3CCCCC3)cn1)CC2. The van der Waals surface area contributed by atoms with Crippen molar-refractivity contribution in [2.75, 3.05) is 38.2 Å². The van der Waals surface area contributed by atoms with Crippen LogP contribution in [0.5, 0.6) is 5.75 Å². The lowest BCUT2D eigenvalue weighted by Gasteiger charge is -2.27. The molecule has 0 N–H and O–H groups in total. The average molecular weight is 365 g/mol. The lowest BCUT2D eigenvalue weighted by molar-refractivity contribution is 0.0724. The molecule has 0 radical (unpaired) electrons. The molecule has 0 atom stereocenters. The number of pyridine rings is 1. The summed E-state index contributed by atoms with van der Waals surface area (Å²) < 4.78 is 5.36. The summed E-state index contributed by atoms with van der Waals surface area (Å²) in [7, 11) is 1.71. The molecule has 5 heteroatoms. The fourth-order valence-corrected chi connectivity index (χ4v) is 4.04. The number of ether oxygens (including phenoxy) is 1. The van der Waals surface area contributed by atoms with Crippen LogP contribution >= 0.6 is 0 Å².